The van der Waals surface area contributed by atoms with E-state index in [2.05, 4.69) is 10.3 Å². The maximum Gasteiger partial charge on any atom is 0.414 e. The number of anilines is 1. The van der Waals surface area contributed by atoms with Crippen LogP contribution in [0.2, 0.25) is 0 Å². The molecule has 0 fully saturated rings. The number of hydrogen-bond acceptors (Lipinski definition) is 5. The molecule has 0 atom stereocenters. The summed E-state index contributed by atoms with van der Waals surface area (Å²) < 4.78 is 10.9. The second kappa shape index (κ2) is 5.89. The van der Waals surface area contributed by atoms with Gasteiger partial charge >= 0.3 is 6.09 Å². The maximum absolute atomic E-state index is 11.9. The Morgan fingerprint density at radius 2 is 2.14 bits per heavy atom. The number of nitrogens with zero attached hydrogens (tertiary/aromatic N) is 1. The zero-order valence-electron chi connectivity index (χ0n) is 12.9. The molecule has 1 N–H and O–H groups in total. The summed E-state index contributed by atoms with van der Waals surface area (Å²) in [6.45, 7) is 9.43. The lowest BCUT2D eigenvalue weighted by molar-refractivity contribution is 0.0632. The summed E-state index contributed by atoms with van der Waals surface area (Å²) in [6, 6.07) is 3.86. The van der Waals surface area contributed by atoms with E-state index in [-0.39, 0.29) is 5.92 Å². The summed E-state index contributed by atoms with van der Waals surface area (Å²) >= 11 is 1.54. The number of aromatic nitrogens is 1. The third kappa shape index (κ3) is 4.07. The highest BCUT2D eigenvalue weighted by atomic mass is 32.1. The van der Waals surface area contributed by atoms with Crippen molar-refractivity contribution in [3.63, 3.8) is 0 Å². The number of thiophene rings is 1. The van der Waals surface area contributed by atoms with Crippen LogP contribution in [0.3, 0.4) is 0 Å². The summed E-state index contributed by atoms with van der Waals surface area (Å²) in [5, 5.41) is 4.60. The molecule has 0 aromatic carbocycles. The van der Waals surface area contributed by atoms with Crippen LogP contribution in [0.5, 0.6) is 0 Å². The SMILES string of the molecule is CC(C)c1nc(-c2cccs2)oc1NC(=O)OC(C)(C)C. The van der Waals surface area contributed by atoms with Crippen LogP contribution in [-0.4, -0.2) is 16.7 Å². The van der Waals surface area contributed by atoms with Crippen molar-refractivity contribution in [2.24, 2.45) is 0 Å². The van der Waals surface area contributed by atoms with Gasteiger partial charge in [-0.05, 0) is 32.2 Å². The molecular weight excluding hydrogens is 288 g/mol. The maximum atomic E-state index is 11.9. The summed E-state index contributed by atoms with van der Waals surface area (Å²) in [5.74, 6) is 0.995. The Bertz CT molecular complexity index is 609. The van der Waals surface area contributed by atoms with Crippen molar-refractivity contribution in [1.82, 2.24) is 4.98 Å². The average molecular weight is 308 g/mol. The molecule has 5 nitrogen and oxygen atoms in total. The Balaban J connectivity index is 2.24. The van der Waals surface area contributed by atoms with Gasteiger partial charge in [0.05, 0.1) is 4.88 Å². The fourth-order valence-corrected chi connectivity index (χ4v) is 2.36. The van der Waals surface area contributed by atoms with Crippen LogP contribution in [0.15, 0.2) is 21.9 Å². The standard InChI is InChI=1S/C15H20N2O3S/c1-9(2)11-13(17-14(18)20-15(3,4)5)19-12(16-11)10-7-6-8-21-10/h6-9H,1-5H3,(H,17,18). The van der Waals surface area contributed by atoms with Crippen molar-refractivity contribution in [1.29, 1.82) is 0 Å². The van der Waals surface area contributed by atoms with Gasteiger partial charge in [-0.25, -0.2) is 9.78 Å². The van der Waals surface area contributed by atoms with Crippen LogP contribution < -0.4 is 5.32 Å². The van der Waals surface area contributed by atoms with E-state index >= 15 is 0 Å². The van der Waals surface area contributed by atoms with Gasteiger partial charge in [0.15, 0.2) is 0 Å². The number of hydrogen-bond donors (Lipinski definition) is 1. The molecule has 21 heavy (non-hydrogen) atoms. The average Bonchev–Trinajstić information content (AvgIpc) is 2.93. The number of carbonyl (C=O) groups excluding carboxylic acids is 1. The van der Waals surface area contributed by atoms with E-state index in [0.717, 1.165) is 4.88 Å². The molecule has 2 heterocycles. The predicted octanol–water partition coefficient (Wildman–Crippen LogP) is 4.87. The fraction of sp³-hybridized carbons (Fsp3) is 0.467. The van der Waals surface area contributed by atoms with E-state index in [0.29, 0.717) is 17.5 Å². The zero-order chi connectivity index (χ0) is 15.6. The van der Waals surface area contributed by atoms with Gasteiger partial charge in [0.25, 0.3) is 0 Å². The van der Waals surface area contributed by atoms with Crippen LogP contribution in [0.4, 0.5) is 10.7 Å². The Morgan fingerprint density at radius 1 is 1.43 bits per heavy atom. The van der Waals surface area contributed by atoms with Gasteiger partial charge < -0.3 is 9.15 Å². The zero-order valence-corrected chi connectivity index (χ0v) is 13.7. The van der Waals surface area contributed by atoms with E-state index < -0.39 is 11.7 Å². The van der Waals surface area contributed by atoms with Crippen LogP contribution >= 0.6 is 11.3 Å². The molecule has 0 saturated heterocycles. The highest BCUT2D eigenvalue weighted by Crippen LogP contribution is 2.32. The lowest BCUT2D eigenvalue weighted by Crippen LogP contribution is -2.27. The first-order chi connectivity index (χ1) is 9.76. The number of rotatable bonds is 3. The van der Waals surface area contributed by atoms with Gasteiger partial charge in [-0.15, -0.1) is 11.3 Å². The van der Waals surface area contributed by atoms with Gasteiger partial charge in [-0.1, -0.05) is 19.9 Å². The Labute approximate surface area is 128 Å². The molecule has 1 amide bonds. The van der Waals surface area contributed by atoms with E-state index in [9.17, 15) is 4.79 Å². The van der Waals surface area contributed by atoms with Crippen molar-refractivity contribution in [2.75, 3.05) is 5.32 Å². The topological polar surface area (TPSA) is 64.4 Å². The van der Waals surface area contributed by atoms with Crippen molar-refractivity contribution < 1.29 is 13.9 Å². The molecule has 0 aliphatic heterocycles. The number of ether oxygens (including phenoxy) is 1. The Hall–Kier alpha value is -1.82. The molecule has 0 spiro atoms. The van der Waals surface area contributed by atoms with Crippen LogP contribution in [0.1, 0.15) is 46.2 Å². The number of oxazole rings is 1. The van der Waals surface area contributed by atoms with Crippen molar-refractivity contribution in [3.05, 3.63) is 23.2 Å². The Morgan fingerprint density at radius 3 is 2.67 bits per heavy atom. The molecule has 114 valence electrons. The number of carbonyl (C=O) groups is 1. The lowest BCUT2D eigenvalue weighted by Gasteiger charge is -2.19. The fourth-order valence-electron chi connectivity index (χ4n) is 1.71. The third-order valence-electron chi connectivity index (χ3n) is 2.55. The smallest absolute Gasteiger partial charge is 0.414 e. The van der Waals surface area contributed by atoms with E-state index in [1.165, 1.54) is 11.3 Å². The normalized spacial score (nSPS) is 11.7. The highest BCUT2D eigenvalue weighted by Gasteiger charge is 2.22. The molecule has 0 bridgehead atoms. The first kappa shape index (κ1) is 15.6. The monoisotopic (exact) mass is 308 g/mol. The second-order valence-corrected chi connectivity index (χ2v) is 6.94. The molecule has 0 saturated carbocycles. The summed E-state index contributed by atoms with van der Waals surface area (Å²) in [4.78, 5) is 17.3. The molecule has 0 unspecified atom stereocenters. The quantitative estimate of drug-likeness (QED) is 0.878. The largest absolute Gasteiger partial charge is 0.444 e. The second-order valence-electron chi connectivity index (χ2n) is 5.99. The van der Waals surface area contributed by atoms with Crippen LogP contribution in [0.25, 0.3) is 10.8 Å². The van der Waals surface area contributed by atoms with Gasteiger partial charge in [0.1, 0.15) is 11.3 Å². The minimum absolute atomic E-state index is 0.132. The van der Waals surface area contributed by atoms with Gasteiger partial charge in [-0.2, -0.15) is 0 Å². The predicted molar refractivity (Wildman–Crippen MR) is 83.8 cm³/mol. The first-order valence-electron chi connectivity index (χ1n) is 6.81. The number of amides is 1. The molecule has 6 heteroatoms. The Kier molecular flexibility index (Phi) is 4.37. The number of nitrogens with one attached hydrogen (secondary N) is 1. The molecule has 2 rings (SSSR count). The van der Waals surface area contributed by atoms with Crippen LogP contribution in [0, 0.1) is 0 Å². The van der Waals surface area contributed by atoms with Gasteiger partial charge in [-0.3, -0.25) is 5.32 Å². The van der Waals surface area contributed by atoms with Crippen molar-refractivity contribution >= 4 is 23.3 Å². The van der Waals surface area contributed by atoms with Crippen LogP contribution in [-0.2, 0) is 4.74 Å². The van der Waals surface area contributed by atoms with E-state index in [4.69, 9.17) is 9.15 Å². The molecule has 0 radical (unpaired) electrons. The minimum Gasteiger partial charge on any atom is -0.444 e. The summed E-state index contributed by atoms with van der Waals surface area (Å²) in [5.41, 5.74) is 0.155. The molecular formula is C15H20N2O3S. The van der Waals surface area contributed by atoms with E-state index in [1.807, 2.05) is 52.1 Å². The minimum atomic E-state index is -0.557. The van der Waals surface area contributed by atoms with Crippen molar-refractivity contribution in [3.8, 4) is 10.8 Å². The molecule has 2 aromatic rings. The van der Waals surface area contributed by atoms with Gasteiger partial charge in [0, 0.05) is 5.92 Å². The molecule has 2 aromatic heterocycles. The first-order valence-corrected chi connectivity index (χ1v) is 7.69. The third-order valence-corrected chi connectivity index (χ3v) is 3.40. The van der Waals surface area contributed by atoms with E-state index in [1.54, 1.807) is 0 Å². The summed E-state index contributed by atoms with van der Waals surface area (Å²) in [7, 11) is 0. The molecule has 0 aliphatic carbocycles. The van der Waals surface area contributed by atoms with Gasteiger partial charge in [0.2, 0.25) is 11.8 Å². The summed E-state index contributed by atoms with van der Waals surface area (Å²) in [6.07, 6.45) is -0.543. The lowest BCUT2D eigenvalue weighted by atomic mass is 10.1. The van der Waals surface area contributed by atoms with Crippen molar-refractivity contribution in [2.45, 2.75) is 46.1 Å². The molecule has 0 aliphatic rings. The highest BCUT2D eigenvalue weighted by molar-refractivity contribution is 7.13.